The first-order valence-corrected chi connectivity index (χ1v) is 17.9. The minimum atomic E-state index is 1.02. The summed E-state index contributed by atoms with van der Waals surface area (Å²) >= 11 is 0. The molecular weight excluding hydrogens is 617 g/mol. The van der Waals surface area contributed by atoms with Gasteiger partial charge >= 0.3 is 0 Å². The Bertz CT molecular complexity index is 2790. The molecule has 51 heavy (non-hydrogen) atoms. The lowest BCUT2D eigenvalue weighted by atomic mass is 10.0. The Labute approximate surface area is 298 Å². The topological polar surface area (TPSA) is 9.86 Å². The molecule has 244 valence electrons. The highest BCUT2D eigenvalue weighted by Crippen LogP contribution is 2.40. The zero-order chi connectivity index (χ0) is 34.3. The average Bonchev–Trinajstić information content (AvgIpc) is 3.71. The molecule has 0 spiro atoms. The van der Waals surface area contributed by atoms with Gasteiger partial charge < -0.3 is 9.13 Å². The van der Waals surface area contributed by atoms with E-state index in [1.807, 2.05) is 0 Å². The van der Waals surface area contributed by atoms with Gasteiger partial charge in [-0.1, -0.05) is 134 Å². The Hall–Kier alpha value is -6.38. The molecular formula is C49H38N2. The maximum Gasteiger partial charge on any atom is 0.0541 e. The number of hydrogen-bond donors (Lipinski definition) is 0. The summed E-state index contributed by atoms with van der Waals surface area (Å²) in [7, 11) is 0. The van der Waals surface area contributed by atoms with Crippen molar-refractivity contribution in [2.75, 3.05) is 0 Å². The van der Waals surface area contributed by atoms with Crippen LogP contribution in [0.25, 0.3) is 82.8 Å². The van der Waals surface area contributed by atoms with Gasteiger partial charge in [0.1, 0.15) is 0 Å². The van der Waals surface area contributed by atoms with Crippen LogP contribution in [0.3, 0.4) is 0 Å². The maximum atomic E-state index is 2.43. The highest BCUT2D eigenvalue weighted by molar-refractivity contribution is 6.13. The number of fused-ring (bicyclic) bond motifs is 6. The molecule has 7 aromatic carbocycles. The average molecular weight is 655 g/mol. The minimum absolute atomic E-state index is 1.02. The summed E-state index contributed by atoms with van der Waals surface area (Å²) in [5.74, 6) is 0. The lowest BCUT2D eigenvalue weighted by Gasteiger charge is -2.14. The fourth-order valence-corrected chi connectivity index (χ4v) is 7.80. The molecule has 0 bridgehead atoms. The van der Waals surface area contributed by atoms with Crippen LogP contribution < -0.4 is 0 Å². The molecule has 9 aromatic rings. The van der Waals surface area contributed by atoms with Crippen molar-refractivity contribution >= 4 is 49.2 Å². The van der Waals surface area contributed by atoms with E-state index in [4.69, 9.17) is 0 Å². The highest BCUT2D eigenvalue weighted by atomic mass is 15.0. The molecule has 0 saturated carbocycles. The smallest absolute Gasteiger partial charge is 0.0541 e. The monoisotopic (exact) mass is 654 g/mol. The summed E-state index contributed by atoms with van der Waals surface area (Å²) in [5.41, 5.74) is 14.5. The van der Waals surface area contributed by atoms with E-state index in [-0.39, 0.29) is 0 Å². The number of allylic oxidation sites excluding steroid dienone is 4. The highest BCUT2D eigenvalue weighted by Gasteiger charge is 2.18. The first kappa shape index (κ1) is 30.7. The third kappa shape index (κ3) is 5.19. The lowest BCUT2D eigenvalue weighted by molar-refractivity contribution is 1.18. The van der Waals surface area contributed by atoms with Crippen molar-refractivity contribution in [3.05, 3.63) is 188 Å². The van der Waals surface area contributed by atoms with Crippen LogP contribution in [-0.2, 0) is 0 Å². The molecule has 0 unspecified atom stereocenters. The minimum Gasteiger partial charge on any atom is -0.309 e. The van der Waals surface area contributed by atoms with Gasteiger partial charge in [-0.25, -0.2) is 0 Å². The molecule has 0 aliphatic heterocycles. The van der Waals surface area contributed by atoms with Gasteiger partial charge in [0.2, 0.25) is 0 Å². The van der Waals surface area contributed by atoms with Gasteiger partial charge in [0.15, 0.2) is 0 Å². The third-order valence-corrected chi connectivity index (χ3v) is 10.2. The summed E-state index contributed by atoms with van der Waals surface area (Å²) in [4.78, 5) is 0. The molecule has 9 rings (SSSR count). The standard InChI is InChI=1S/C49H38N2/c1-3-5-16-34(4-2)36-19-15-20-39(31-36)50-46-25-13-10-22-41(46)43-32-37(27-29-48(43)50)38-28-30-49-44(33-38)42-23-11-14-26-47(42)51(49)45-24-12-9-21-40(45)35-17-7-6-8-18-35/h4-33H,3H2,1-2H3/b16-5-,34-4+. The van der Waals surface area contributed by atoms with Gasteiger partial charge in [-0.2, -0.15) is 0 Å². The predicted molar refractivity (Wildman–Crippen MR) is 219 cm³/mol. The number of hydrogen-bond acceptors (Lipinski definition) is 0. The van der Waals surface area contributed by atoms with Crippen LogP contribution in [0.2, 0.25) is 0 Å². The van der Waals surface area contributed by atoms with Crippen LogP contribution in [0.1, 0.15) is 25.8 Å². The summed E-state index contributed by atoms with van der Waals surface area (Å²) < 4.78 is 4.84. The maximum absolute atomic E-state index is 2.43. The van der Waals surface area contributed by atoms with Crippen LogP contribution in [0.15, 0.2) is 182 Å². The van der Waals surface area contributed by atoms with Gasteiger partial charge in [0, 0.05) is 32.8 Å². The van der Waals surface area contributed by atoms with Crippen molar-refractivity contribution in [3.8, 4) is 33.6 Å². The van der Waals surface area contributed by atoms with Crippen LogP contribution in [0.5, 0.6) is 0 Å². The van der Waals surface area contributed by atoms with Crippen molar-refractivity contribution < 1.29 is 0 Å². The molecule has 0 radical (unpaired) electrons. The molecule has 2 aromatic heterocycles. The van der Waals surface area contributed by atoms with E-state index < -0.39 is 0 Å². The van der Waals surface area contributed by atoms with Gasteiger partial charge in [-0.15, -0.1) is 0 Å². The van der Waals surface area contributed by atoms with E-state index in [1.165, 1.54) is 88.4 Å². The summed E-state index contributed by atoms with van der Waals surface area (Å²) in [5, 5.41) is 5.02. The molecule has 0 fully saturated rings. The molecule has 2 heteroatoms. The van der Waals surface area contributed by atoms with E-state index in [1.54, 1.807) is 0 Å². The largest absolute Gasteiger partial charge is 0.309 e. The molecule has 0 amide bonds. The Morgan fingerprint density at radius 2 is 1.08 bits per heavy atom. The Kier molecular flexibility index (Phi) is 7.71. The fourth-order valence-electron chi connectivity index (χ4n) is 7.80. The second kappa shape index (κ2) is 12.8. The second-order valence-corrected chi connectivity index (χ2v) is 13.2. The second-order valence-electron chi connectivity index (χ2n) is 13.2. The van der Waals surface area contributed by atoms with Gasteiger partial charge in [0.25, 0.3) is 0 Å². The molecule has 0 saturated heterocycles. The summed E-state index contributed by atoms with van der Waals surface area (Å²) in [6, 6.07) is 59.9. The molecule has 0 aliphatic carbocycles. The van der Waals surface area contributed by atoms with Crippen LogP contribution >= 0.6 is 0 Å². The molecule has 2 heterocycles. The zero-order valence-corrected chi connectivity index (χ0v) is 28.9. The van der Waals surface area contributed by atoms with E-state index in [0.29, 0.717) is 0 Å². The van der Waals surface area contributed by atoms with Crippen molar-refractivity contribution in [1.29, 1.82) is 0 Å². The predicted octanol–water partition coefficient (Wildman–Crippen LogP) is 13.6. The van der Waals surface area contributed by atoms with Crippen LogP contribution in [0, 0.1) is 0 Å². The molecule has 0 aliphatic rings. The number of para-hydroxylation sites is 3. The van der Waals surface area contributed by atoms with E-state index in [9.17, 15) is 0 Å². The Balaban J connectivity index is 1.20. The van der Waals surface area contributed by atoms with Gasteiger partial charge in [0.05, 0.1) is 27.8 Å². The van der Waals surface area contributed by atoms with Crippen LogP contribution in [0.4, 0.5) is 0 Å². The SMILES string of the molecule is C/C=C(\C=C/CC)c1cccc(-n2c3ccccc3c3cc(-c4ccc5c(c4)c4ccccc4n5-c4ccccc4-c4ccccc4)ccc32)c1. The van der Waals surface area contributed by atoms with Crippen molar-refractivity contribution in [2.45, 2.75) is 20.3 Å². The summed E-state index contributed by atoms with van der Waals surface area (Å²) in [6.45, 7) is 4.29. The summed E-state index contributed by atoms with van der Waals surface area (Å²) in [6.07, 6.45) is 7.67. The zero-order valence-electron chi connectivity index (χ0n) is 28.9. The molecule has 0 N–H and O–H groups in total. The number of aromatic nitrogens is 2. The van der Waals surface area contributed by atoms with Crippen LogP contribution in [-0.4, -0.2) is 9.13 Å². The van der Waals surface area contributed by atoms with Crippen molar-refractivity contribution in [3.63, 3.8) is 0 Å². The number of nitrogens with zero attached hydrogens (tertiary/aromatic N) is 2. The lowest BCUT2D eigenvalue weighted by Crippen LogP contribution is -1.97. The third-order valence-electron chi connectivity index (χ3n) is 10.2. The number of benzene rings is 7. The number of rotatable bonds is 7. The molecule has 0 atom stereocenters. The van der Waals surface area contributed by atoms with E-state index >= 15 is 0 Å². The first-order chi connectivity index (χ1) is 25.2. The van der Waals surface area contributed by atoms with Gasteiger partial charge in [-0.3, -0.25) is 0 Å². The van der Waals surface area contributed by atoms with Crippen molar-refractivity contribution in [2.24, 2.45) is 0 Å². The first-order valence-electron chi connectivity index (χ1n) is 17.9. The Morgan fingerprint density at radius 3 is 1.76 bits per heavy atom. The van der Waals surface area contributed by atoms with E-state index in [0.717, 1.165) is 6.42 Å². The van der Waals surface area contributed by atoms with E-state index in [2.05, 4.69) is 205 Å². The molecule has 2 nitrogen and oxygen atoms in total. The Morgan fingerprint density at radius 1 is 0.490 bits per heavy atom. The van der Waals surface area contributed by atoms with Gasteiger partial charge in [-0.05, 0) is 95.8 Å². The normalized spacial score (nSPS) is 12.2. The quantitative estimate of drug-likeness (QED) is 0.151. The fraction of sp³-hybridized carbons (Fsp3) is 0.0612. The van der Waals surface area contributed by atoms with Crippen molar-refractivity contribution in [1.82, 2.24) is 9.13 Å².